The van der Waals surface area contributed by atoms with Crippen molar-refractivity contribution in [2.45, 2.75) is 19.4 Å². The highest BCUT2D eigenvalue weighted by molar-refractivity contribution is 9.10. The fraction of sp³-hybridized carbons (Fsp3) is 0.235. The zero-order valence-corrected chi connectivity index (χ0v) is 13.4. The number of aliphatic hydroxyl groups excluding tert-OH is 1. The summed E-state index contributed by atoms with van der Waals surface area (Å²) in [7, 11) is 0. The van der Waals surface area contributed by atoms with E-state index < -0.39 is 0 Å². The van der Waals surface area contributed by atoms with E-state index >= 15 is 0 Å². The van der Waals surface area contributed by atoms with Gasteiger partial charge in [-0.15, -0.1) is 0 Å². The molecule has 3 nitrogen and oxygen atoms in total. The lowest BCUT2D eigenvalue weighted by Crippen LogP contribution is -2.39. The predicted molar refractivity (Wildman–Crippen MR) is 87.4 cm³/mol. The molecule has 2 N–H and O–H groups in total. The third-order valence-corrected chi connectivity index (χ3v) is 3.82. The molecule has 0 aliphatic carbocycles. The molecule has 0 heterocycles. The Kier molecular flexibility index (Phi) is 5.53. The first kappa shape index (κ1) is 15.7. The van der Waals surface area contributed by atoms with Crippen LogP contribution in [0.5, 0.6) is 0 Å². The molecule has 4 heteroatoms. The van der Waals surface area contributed by atoms with Crippen molar-refractivity contribution in [1.29, 1.82) is 0 Å². The Balaban J connectivity index is 2.07. The fourth-order valence-electron chi connectivity index (χ4n) is 2.16. The Morgan fingerprint density at radius 2 is 1.95 bits per heavy atom. The molecule has 0 aliphatic heterocycles. The number of hydrogen-bond donors (Lipinski definition) is 2. The van der Waals surface area contributed by atoms with Crippen molar-refractivity contribution >= 4 is 21.8 Å². The molecule has 0 radical (unpaired) electrons. The van der Waals surface area contributed by atoms with Gasteiger partial charge >= 0.3 is 0 Å². The van der Waals surface area contributed by atoms with Crippen LogP contribution < -0.4 is 5.32 Å². The standard InChI is InChI=1S/C17H18BrNO2/c1-12-7-8-14(18)10-16(12)17(21)19-15(11-20)9-13-5-3-2-4-6-13/h2-8,10,15,20H,9,11H2,1H3,(H,19,21)/t15-/m1/s1. The maximum absolute atomic E-state index is 12.3. The van der Waals surface area contributed by atoms with Gasteiger partial charge in [-0.2, -0.15) is 0 Å². The number of amides is 1. The molecule has 0 unspecified atom stereocenters. The van der Waals surface area contributed by atoms with Gasteiger partial charge in [-0.1, -0.05) is 52.3 Å². The van der Waals surface area contributed by atoms with E-state index in [-0.39, 0.29) is 18.6 Å². The monoisotopic (exact) mass is 347 g/mol. The third kappa shape index (κ3) is 4.41. The smallest absolute Gasteiger partial charge is 0.251 e. The van der Waals surface area contributed by atoms with Gasteiger partial charge in [0.15, 0.2) is 0 Å². The molecule has 110 valence electrons. The Hall–Kier alpha value is -1.65. The summed E-state index contributed by atoms with van der Waals surface area (Å²) >= 11 is 3.37. The molecule has 21 heavy (non-hydrogen) atoms. The molecule has 1 amide bonds. The van der Waals surface area contributed by atoms with Gasteiger partial charge in [-0.3, -0.25) is 4.79 Å². The molecular weight excluding hydrogens is 330 g/mol. The minimum Gasteiger partial charge on any atom is -0.394 e. The average molecular weight is 348 g/mol. The normalized spacial score (nSPS) is 12.0. The average Bonchev–Trinajstić information content (AvgIpc) is 2.50. The van der Waals surface area contributed by atoms with Crippen molar-refractivity contribution in [3.05, 3.63) is 69.7 Å². The minimum atomic E-state index is -0.293. The predicted octanol–water partition coefficient (Wildman–Crippen LogP) is 3.09. The minimum absolute atomic E-state index is 0.0896. The van der Waals surface area contributed by atoms with Crippen molar-refractivity contribution in [2.75, 3.05) is 6.61 Å². The summed E-state index contributed by atoms with van der Waals surface area (Å²) in [5.41, 5.74) is 2.62. The lowest BCUT2D eigenvalue weighted by Gasteiger charge is -2.17. The summed E-state index contributed by atoms with van der Waals surface area (Å²) in [5.74, 6) is -0.163. The highest BCUT2D eigenvalue weighted by Gasteiger charge is 2.15. The number of aryl methyl sites for hydroxylation is 1. The number of nitrogens with one attached hydrogen (secondary N) is 1. The summed E-state index contributed by atoms with van der Waals surface area (Å²) in [5, 5.41) is 12.4. The third-order valence-electron chi connectivity index (χ3n) is 3.32. The highest BCUT2D eigenvalue weighted by Crippen LogP contribution is 2.16. The molecular formula is C17H18BrNO2. The van der Waals surface area contributed by atoms with E-state index in [1.54, 1.807) is 6.07 Å². The van der Waals surface area contributed by atoms with Crippen LogP contribution in [0.3, 0.4) is 0 Å². The summed E-state index contributed by atoms with van der Waals surface area (Å²) in [6.07, 6.45) is 0.607. The zero-order valence-electron chi connectivity index (χ0n) is 11.8. The molecule has 0 aromatic heterocycles. The van der Waals surface area contributed by atoms with E-state index in [1.165, 1.54) is 0 Å². The second-order valence-corrected chi connectivity index (χ2v) is 5.92. The SMILES string of the molecule is Cc1ccc(Br)cc1C(=O)N[C@@H](CO)Cc1ccccc1. The van der Waals surface area contributed by atoms with Crippen molar-refractivity contribution in [3.8, 4) is 0 Å². The molecule has 1 atom stereocenters. The van der Waals surface area contributed by atoms with Crippen LogP contribution in [0.4, 0.5) is 0 Å². The Morgan fingerprint density at radius 3 is 2.62 bits per heavy atom. The van der Waals surface area contributed by atoms with Gasteiger partial charge < -0.3 is 10.4 Å². The largest absolute Gasteiger partial charge is 0.394 e. The summed E-state index contributed by atoms with van der Waals surface area (Å²) in [4.78, 5) is 12.3. The van der Waals surface area contributed by atoms with E-state index in [4.69, 9.17) is 0 Å². The van der Waals surface area contributed by atoms with E-state index in [0.29, 0.717) is 12.0 Å². The number of carbonyl (C=O) groups excluding carboxylic acids is 1. The van der Waals surface area contributed by atoms with Crippen LogP contribution in [-0.2, 0) is 6.42 Å². The molecule has 2 rings (SSSR count). The van der Waals surface area contributed by atoms with E-state index in [9.17, 15) is 9.90 Å². The van der Waals surface area contributed by atoms with Gasteiger partial charge in [0.2, 0.25) is 0 Å². The van der Waals surface area contributed by atoms with Crippen LogP contribution in [0.1, 0.15) is 21.5 Å². The second-order valence-electron chi connectivity index (χ2n) is 5.00. The molecule has 0 saturated carbocycles. The van der Waals surface area contributed by atoms with E-state index in [0.717, 1.165) is 15.6 Å². The Bertz CT molecular complexity index is 613. The topological polar surface area (TPSA) is 49.3 Å². The van der Waals surface area contributed by atoms with Crippen molar-refractivity contribution in [3.63, 3.8) is 0 Å². The molecule has 0 spiro atoms. The maximum Gasteiger partial charge on any atom is 0.251 e. The van der Waals surface area contributed by atoms with Gasteiger partial charge in [-0.25, -0.2) is 0 Å². The number of benzene rings is 2. The van der Waals surface area contributed by atoms with Crippen LogP contribution in [0, 0.1) is 6.92 Å². The van der Waals surface area contributed by atoms with Crippen LogP contribution in [0.15, 0.2) is 53.0 Å². The highest BCUT2D eigenvalue weighted by atomic mass is 79.9. The molecule has 0 bridgehead atoms. The van der Waals surface area contributed by atoms with Crippen LogP contribution in [0.2, 0.25) is 0 Å². The summed E-state index contributed by atoms with van der Waals surface area (Å²) in [6.45, 7) is 1.81. The fourth-order valence-corrected chi connectivity index (χ4v) is 2.52. The Morgan fingerprint density at radius 1 is 1.24 bits per heavy atom. The van der Waals surface area contributed by atoms with E-state index in [1.807, 2.05) is 49.4 Å². The summed E-state index contributed by atoms with van der Waals surface area (Å²) in [6, 6.07) is 15.1. The van der Waals surface area contributed by atoms with Crippen LogP contribution in [0.25, 0.3) is 0 Å². The molecule has 0 aliphatic rings. The zero-order chi connectivity index (χ0) is 15.2. The molecule has 0 saturated heterocycles. The second kappa shape index (κ2) is 7.38. The summed E-state index contributed by atoms with van der Waals surface area (Å²) < 4.78 is 0.863. The first-order valence-corrected chi connectivity index (χ1v) is 7.61. The number of rotatable bonds is 5. The van der Waals surface area contributed by atoms with Gasteiger partial charge in [-0.05, 0) is 36.6 Å². The number of carbonyl (C=O) groups is 1. The van der Waals surface area contributed by atoms with E-state index in [2.05, 4.69) is 21.2 Å². The van der Waals surface area contributed by atoms with Gasteiger partial charge in [0, 0.05) is 10.0 Å². The van der Waals surface area contributed by atoms with Gasteiger partial charge in [0.25, 0.3) is 5.91 Å². The van der Waals surface area contributed by atoms with Crippen molar-refractivity contribution in [1.82, 2.24) is 5.32 Å². The van der Waals surface area contributed by atoms with Crippen LogP contribution >= 0.6 is 15.9 Å². The molecule has 2 aromatic rings. The number of aliphatic hydroxyl groups is 1. The first-order valence-electron chi connectivity index (χ1n) is 6.82. The quantitative estimate of drug-likeness (QED) is 0.872. The first-order chi connectivity index (χ1) is 10.1. The van der Waals surface area contributed by atoms with Gasteiger partial charge in [0.1, 0.15) is 0 Å². The number of hydrogen-bond acceptors (Lipinski definition) is 2. The number of halogens is 1. The molecule has 0 fully saturated rings. The van der Waals surface area contributed by atoms with Crippen molar-refractivity contribution in [2.24, 2.45) is 0 Å². The maximum atomic E-state index is 12.3. The van der Waals surface area contributed by atoms with Crippen LogP contribution in [-0.4, -0.2) is 23.7 Å². The lowest BCUT2D eigenvalue weighted by atomic mass is 10.0. The Labute approximate surface area is 133 Å². The van der Waals surface area contributed by atoms with Crippen molar-refractivity contribution < 1.29 is 9.90 Å². The molecule has 2 aromatic carbocycles. The van der Waals surface area contributed by atoms with Gasteiger partial charge in [0.05, 0.1) is 12.6 Å². The lowest BCUT2D eigenvalue weighted by molar-refractivity contribution is 0.0916.